The molecule has 1 unspecified atom stereocenters. The Kier molecular flexibility index (Phi) is 12.0. The van der Waals surface area contributed by atoms with Gasteiger partial charge in [-0.1, -0.05) is 32.6 Å². The SMILES string of the molecule is CCOC(=O)[C@@H]1C[C@H](NC(=O)OC(C)(C)C)[C@@H](C([NH-])C(CC)CC)[C@H]1O.[Ac]. The largest absolute Gasteiger partial charge is 0.674 e. The maximum atomic E-state index is 12.2. The molecule has 1 fully saturated rings. The average molecular weight is 598 g/mol. The Morgan fingerprint density at radius 1 is 1.22 bits per heavy atom. The molecule has 1 aliphatic rings. The molecule has 0 bridgehead atoms. The molecule has 1 saturated carbocycles. The molecule has 1 aliphatic carbocycles. The van der Waals surface area contributed by atoms with E-state index in [0.29, 0.717) is 0 Å². The number of aliphatic hydroxyl groups is 1. The first kappa shape index (κ1) is 27.1. The van der Waals surface area contributed by atoms with Crippen molar-refractivity contribution in [1.82, 2.24) is 5.32 Å². The second kappa shape index (κ2) is 11.9. The van der Waals surface area contributed by atoms with E-state index in [1.807, 2.05) is 13.8 Å². The Morgan fingerprint density at radius 3 is 2.22 bits per heavy atom. The van der Waals surface area contributed by atoms with E-state index in [0.717, 1.165) is 12.8 Å². The Morgan fingerprint density at radius 2 is 1.78 bits per heavy atom. The van der Waals surface area contributed by atoms with Gasteiger partial charge in [0.1, 0.15) is 5.60 Å². The van der Waals surface area contributed by atoms with Crippen molar-refractivity contribution in [3.8, 4) is 0 Å². The van der Waals surface area contributed by atoms with Gasteiger partial charge < -0.3 is 25.6 Å². The number of hydrogen-bond donors (Lipinski definition) is 2. The molecule has 0 aromatic heterocycles. The monoisotopic (exact) mass is 598 g/mol. The maximum Gasteiger partial charge on any atom is 0.407 e. The fourth-order valence-electron chi connectivity index (χ4n) is 3.75. The standard InChI is InChI=1S/C19H35N2O5.Ac/c1-7-11(8-2)15(20)14-13(21-18(24)26-19(4,5)6)10-12(16(14)22)17(23)25-9-3;/h11-16,20,22H,7-10H2,1-6H3,(H,21,24);/q-1;/t12-,13+,14+,15?,16+;/m1./s1. The van der Waals surface area contributed by atoms with Gasteiger partial charge in [-0.25, -0.2) is 4.79 Å². The second-order valence-corrected chi connectivity index (χ2v) is 8.02. The molecule has 0 heterocycles. The van der Waals surface area contributed by atoms with Gasteiger partial charge >= 0.3 is 12.1 Å². The fraction of sp³-hybridized carbons (Fsp3) is 0.895. The summed E-state index contributed by atoms with van der Waals surface area (Å²) in [4.78, 5) is 24.4. The minimum absolute atomic E-state index is 0. The van der Waals surface area contributed by atoms with Crippen LogP contribution in [0.2, 0.25) is 0 Å². The zero-order valence-electron chi connectivity index (χ0n) is 17.5. The van der Waals surface area contributed by atoms with Crippen LogP contribution in [0.3, 0.4) is 0 Å². The molecule has 0 spiro atoms. The Labute approximate surface area is 199 Å². The molecule has 0 aromatic rings. The number of hydrogen-bond acceptors (Lipinski definition) is 5. The molecule has 0 aromatic carbocycles. The second-order valence-electron chi connectivity index (χ2n) is 8.02. The van der Waals surface area contributed by atoms with Gasteiger partial charge in [0, 0.05) is 50.1 Å². The van der Waals surface area contributed by atoms with Gasteiger partial charge in [0.2, 0.25) is 0 Å². The van der Waals surface area contributed by atoms with E-state index >= 15 is 0 Å². The van der Waals surface area contributed by atoms with E-state index in [1.54, 1.807) is 27.7 Å². The molecule has 7 nitrogen and oxygen atoms in total. The van der Waals surface area contributed by atoms with Gasteiger partial charge in [-0.15, -0.1) is 6.04 Å². The first-order chi connectivity index (χ1) is 12.1. The Balaban J connectivity index is 0.00000676. The number of carbonyl (C=O) groups is 2. The van der Waals surface area contributed by atoms with E-state index in [9.17, 15) is 14.7 Å². The van der Waals surface area contributed by atoms with Crippen molar-refractivity contribution in [2.24, 2.45) is 17.8 Å². The van der Waals surface area contributed by atoms with Crippen LogP contribution < -0.4 is 5.32 Å². The molecule has 27 heavy (non-hydrogen) atoms. The van der Waals surface area contributed by atoms with Crippen LogP contribution in [0.5, 0.6) is 0 Å². The van der Waals surface area contributed by atoms with E-state index < -0.39 is 47.7 Å². The quantitative estimate of drug-likeness (QED) is 0.438. The summed E-state index contributed by atoms with van der Waals surface area (Å²) in [5, 5.41) is 13.5. The van der Waals surface area contributed by atoms with Crippen molar-refractivity contribution in [1.29, 1.82) is 0 Å². The van der Waals surface area contributed by atoms with Crippen molar-refractivity contribution < 1.29 is 68.2 Å². The predicted octanol–water partition coefficient (Wildman–Crippen LogP) is 3.30. The number of esters is 1. The molecule has 155 valence electrons. The van der Waals surface area contributed by atoms with Gasteiger partial charge in [0.25, 0.3) is 0 Å². The van der Waals surface area contributed by atoms with Crippen LogP contribution in [-0.2, 0) is 14.3 Å². The molecule has 1 radical (unpaired) electrons. The minimum atomic E-state index is -1.02. The summed E-state index contributed by atoms with van der Waals surface area (Å²) in [7, 11) is 0. The molecule has 0 saturated heterocycles. The number of aliphatic hydroxyl groups excluding tert-OH is 1. The van der Waals surface area contributed by atoms with Crippen LogP contribution in [0.25, 0.3) is 5.73 Å². The van der Waals surface area contributed by atoms with Gasteiger partial charge in [-0.2, -0.15) is 0 Å². The smallest absolute Gasteiger partial charge is 0.407 e. The summed E-state index contributed by atoms with van der Waals surface area (Å²) in [6.07, 6.45) is 0.242. The van der Waals surface area contributed by atoms with E-state index in [1.165, 1.54) is 0 Å². The summed E-state index contributed by atoms with van der Waals surface area (Å²) in [6.45, 7) is 11.3. The summed E-state index contributed by atoms with van der Waals surface area (Å²) in [5.41, 5.74) is 7.99. The first-order valence-corrected chi connectivity index (χ1v) is 9.60. The zero-order chi connectivity index (χ0) is 20.1. The first-order valence-electron chi connectivity index (χ1n) is 9.60. The van der Waals surface area contributed by atoms with E-state index in [2.05, 4.69) is 5.32 Å². The van der Waals surface area contributed by atoms with Gasteiger partial charge in [-0.3, -0.25) is 4.79 Å². The van der Waals surface area contributed by atoms with Crippen molar-refractivity contribution in [2.75, 3.05) is 6.61 Å². The summed E-state index contributed by atoms with van der Waals surface area (Å²) in [6, 6.07) is -1.09. The van der Waals surface area contributed by atoms with Crippen LogP contribution in [0.15, 0.2) is 0 Å². The van der Waals surface area contributed by atoms with Crippen LogP contribution >= 0.6 is 0 Å². The summed E-state index contributed by atoms with van der Waals surface area (Å²) in [5.74, 6) is -1.67. The number of rotatable bonds is 7. The maximum absolute atomic E-state index is 12.2. The zero-order valence-corrected chi connectivity index (χ0v) is 22.2. The van der Waals surface area contributed by atoms with E-state index in [-0.39, 0.29) is 63.0 Å². The number of ether oxygens (including phenoxy) is 2. The normalized spacial score (nSPS) is 26.3. The third-order valence-corrected chi connectivity index (χ3v) is 5.04. The van der Waals surface area contributed by atoms with Crippen LogP contribution in [0, 0.1) is 61.8 Å². The van der Waals surface area contributed by atoms with E-state index in [4.69, 9.17) is 15.2 Å². The Bertz CT molecular complexity index is 479. The van der Waals surface area contributed by atoms with Crippen molar-refractivity contribution in [3.63, 3.8) is 0 Å². The molecular weight excluding hydrogens is 563 g/mol. The van der Waals surface area contributed by atoms with Crippen molar-refractivity contribution in [3.05, 3.63) is 5.73 Å². The topological polar surface area (TPSA) is 109 Å². The van der Waals surface area contributed by atoms with Gasteiger partial charge in [0.15, 0.2) is 0 Å². The molecule has 5 atom stereocenters. The third kappa shape index (κ3) is 7.80. The van der Waals surface area contributed by atoms with Gasteiger partial charge in [0.05, 0.1) is 18.6 Å². The van der Waals surface area contributed by atoms with Crippen LogP contribution in [0.1, 0.15) is 60.8 Å². The third-order valence-electron chi connectivity index (χ3n) is 5.04. The summed E-state index contributed by atoms with van der Waals surface area (Å²) >= 11 is 0. The number of alkyl carbamates (subject to hydrolysis) is 1. The molecule has 0 aliphatic heterocycles. The number of amides is 1. The average Bonchev–Trinajstić information content (AvgIpc) is 2.83. The molecule has 1 amide bonds. The number of nitrogens with one attached hydrogen (secondary N) is 2. The van der Waals surface area contributed by atoms with Crippen molar-refractivity contribution >= 4 is 12.1 Å². The minimum Gasteiger partial charge on any atom is -0.674 e. The molecular formula is C19H35AcN2O5-. The predicted molar refractivity (Wildman–Crippen MR) is 99.6 cm³/mol. The Hall–Kier alpha value is 0.102. The molecule has 3 N–H and O–H groups in total. The molecule has 8 heteroatoms. The van der Waals surface area contributed by atoms with Gasteiger partial charge in [-0.05, 0) is 40.0 Å². The van der Waals surface area contributed by atoms with Crippen LogP contribution in [-0.4, -0.2) is 47.6 Å². The summed E-state index contributed by atoms with van der Waals surface area (Å²) < 4.78 is 10.4. The van der Waals surface area contributed by atoms with Crippen molar-refractivity contribution in [2.45, 2.75) is 84.6 Å². The molecule has 1 rings (SSSR count). The fourth-order valence-corrected chi connectivity index (χ4v) is 3.75. The number of carbonyl (C=O) groups excluding carboxylic acids is 2. The van der Waals surface area contributed by atoms with Crippen LogP contribution in [0.4, 0.5) is 4.79 Å².